The Morgan fingerprint density at radius 3 is 2.42 bits per heavy atom. The summed E-state index contributed by atoms with van der Waals surface area (Å²) in [5.41, 5.74) is 6.69. The zero-order chi connectivity index (χ0) is 17.3. The second kappa shape index (κ2) is 4.74. The van der Waals surface area contributed by atoms with E-state index in [0.29, 0.717) is 22.2 Å². The maximum absolute atomic E-state index is 6.84. The van der Waals surface area contributed by atoms with E-state index in [4.69, 9.17) is 38.4 Å². The monoisotopic (exact) mass is 363 g/mol. The fourth-order valence-corrected chi connectivity index (χ4v) is 4.66. The van der Waals surface area contributed by atoms with Gasteiger partial charge < -0.3 is 15.2 Å². The van der Waals surface area contributed by atoms with Crippen LogP contribution in [0, 0.1) is 0 Å². The van der Waals surface area contributed by atoms with Crippen molar-refractivity contribution in [2.75, 3.05) is 5.73 Å². The molecule has 5 heteroatoms. The van der Waals surface area contributed by atoms with E-state index in [9.17, 15) is 0 Å². The van der Waals surface area contributed by atoms with Crippen LogP contribution in [0.4, 0.5) is 5.69 Å². The Hall–Kier alpha value is -1.58. The number of nitrogens with two attached hydrogens (primary N) is 1. The number of ether oxygens (including phenoxy) is 2. The molecule has 1 saturated carbocycles. The molecule has 24 heavy (non-hydrogen) atoms. The minimum absolute atomic E-state index is 0.284. The number of fused-ring (bicyclic) bond motifs is 2. The Balaban J connectivity index is 1.75. The van der Waals surface area contributed by atoms with E-state index in [-0.39, 0.29) is 11.0 Å². The van der Waals surface area contributed by atoms with E-state index in [1.54, 1.807) is 12.1 Å². The van der Waals surface area contributed by atoms with Gasteiger partial charge in [-0.15, -0.1) is 11.6 Å². The molecule has 4 rings (SSSR count). The van der Waals surface area contributed by atoms with Gasteiger partial charge in [-0.05, 0) is 37.3 Å². The third-order valence-electron chi connectivity index (χ3n) is 5.39. The number of hydrogen-bond acceptors (Lipinski definition) is 3. The maximum atomic E-state index is 6.84. The molecular weight excluding hydrogens is 345 g/mol. The highest BCUT2D eigenvalue weighted by Crippen LogP contribution is 2.70. The number of alkyl halides is 1. The molecule has 1 fully saturated rings. The first-order valence-corrected chi connectivity index (χ1v) is 8.67. The van der Waals surface area contributed by atoms with Crippen molar-refractivity contribution in [2.45, 2.75) is 43.1 Å². The van der Waals surface area contributed by atoms with Gasteiger partial charge in [0.2, 0.25) is 0 Å². The van der Waals surface area contributed by atoms with E-state index < -0.39 is 4.87 Å². The molecule has 0 bridgehead atoms. The van der Waals surface area contributed by atoms with Gasteiger partial charge in [-0.2, -0.15) is 0 Å². The van der Waals surface area contributed by atoms with Gasteiger partial charge >= 0.3 is 0 Å². The highest BCUT2D eigenvalue weighted by Gasteiger charge is 2.76. The molecule has 1 heterocycles. The number of nitrogen functional groups attached to an aromatic ring is 1. The fraction of sp³-hybridized carbons (Fsp3) is 0.368. The summed E-state index contributed by atoms with van der Waals surface area (Å²) in [4.78, 5) is -0.421. The average molecular weight is 364 g/mol. The standard InChI is InChI=1S/C19H19Cl2NO2/c1-17(2)16-14(20)8-13(23-12-6-4-11(22)5-7-12)9-15(16)24-18(3)10-19(17,18)21/h4-9H,10,22H2,1-3H3. The van der Waals surface area contributed by atoms with Crippen LogP contribution in [0.15, 0.2) is 36.4 Å². The van der Waals surface area contributed by atoms with Crippen LogP contribution in [0.2, 0.25) is 5.02 Å². The lowest BCUT2D eigenvalue weighted by molar-refractivity contribution is 0.143. The molecule has 0 radical (unpaired) electrons. The van der Waals surface area contributed by atoms with Crippen molar-refractivity contribution in [3.8, 4) is 17.2 Å². The van der Waals surface area contributed by atoms with Crippen LogP contribution in [0.1, 0.15) is 32.8 Å². The SMILES string of the molecule is CC12CC1(Cl)C(C)(C)c1c(Cl)cc(Oc3ccc(N)cc3)cc1O2. The van der Waals surface area contributed by atoms with E-state index >= 15 is 0 Å². The van der Waals surface area contributed by atoms with Crippen LogP contribution in [-0.2, 0) is 5.41 Å². The van der Waals surface area contributed by atoms with Crippen LogP contribution >= 0.6 is 23.2 Å². The van der Waals surface area contributed by atoms with Crippen LogP contribution in [0.5, 0.6) is 17.2 Å². The Kier molecular flexibility index (Phi) is 3.14. The van der Waals surface area contributed by atoms with Crippen molar-refractivity contribution in [3.63, 3.8) is 0 Å². The third-order valence-corrected chi connectivity index (χ3v) is 6.69. The lowest BCUT2D eigenvalue weighted by Gasteiger charge is -2.40. The van der Waals surface area contributed by atoms with Crippen LogP contribution in [0.25, 0.3) is 0 Å². The van der Waals surface area contributed by atoms with Gasteiger partial charge in [0.15, 0.2) is 0 Å². The van der Waals surface area contributed by atoms with E-state index in [2.05, 4.69) is 13.8 Å². The summed E-state index contributed by atoms with van der Waals surface area (Å²) in [6.07, 6.45) is 0.799. The molecule has 2 unspecified atom stereocenters. The van der Waals surface area contributed by atoms with Crippen LogP contribution in [0.3, 0.4) is 0 Å². The summed E-state index contributed by atoms with van der Waals surface area (Å²) in [6, 6.07) is 10.9. The summed E-state index contributed by atoms with van der Waals surface area (Å²) < 4.78 is 12.1. The Bertz CT molecular complexity index is 834. The van der Waals surface area contributed by atoms with Gasteiger partial charge in [0.05, 0.1) is 9.90 Å². The first-order valence-electron chi connectivity index (χ1n) is 7.92. The quantitative estimate of drug-likeness (QED) is 0.563. The van der Waals surface area contributed by atoms with Crippen molar-refractivity contribution in [1.82, 2.24) is 0 Å². The number of benzene rings is 2. The van der Waals surface area contributed by atoms with Gasteiger partial charge in [-0.25, -0.2) is 0 Å². The summed E-state index contributed by atoms with van der Waals surface area (Å²) in [7, 11) is 0. The number of halogens is 2. The van der Waals surface area contributed by atoms with Crippen LogP contribution in [-0.4, -0.2) is 10.5 Å². The third kappa shape index (κ3) is 2.04. The number of hydrogen-bond donors (Lipinski definition) is 1. The lowest BCUT2D eigenvalue weighted by atomic mass is 9.76. The largest absolute Gasteiger partial charge is 0.485 e. The second-order valence-electron chi connectivity index (χ2n) is 7.39. The molecular formula is C19H19Cl2NO2. The van der Waals surface area contributed by atoms with Gasteiger partial charge in [-0.1, -0.05) is 25.4 Å². The lowest BCUT2D eigenvalue weighted by Crippen LogP contribution is -2.44. The molecule has 0 spiro atoms. The summed E-state index contributed by atoms with van der Waals surface area (Å²) in [5, 5.41) is 0.608. The normalized spacial score (nSPS) is 29.2. The maximum Gasteiger partial charge on any atom is 0.132 e. The van der Waals surface area contributed by atoms with E-state index in [0.717, 1.165) is 17.7 Å². The van der Waals surface area contributed by atoms with Crippen molar-refractivity contribution in [1.29, 1.82) is 0 Å². The fourth-order valence-electron chi connectivity index (χ4n) is 3.84. The zero-order valence-corrected chi connectivity index (χ0v) is 15.3. The highest BCUT2D eigenvalue weighted by molar-refractivity contribution is 6.33. The van der Waals surface area contributed by atoms with Crippen molar-refractivity contribution in [2.24, 2.45) is 0 Å². The summed E-state index contributed by atoms with van der Waals surface area (Å²) in [6.45, 7) is 6.30. The Labute approximate surface area is 151 Å². The average Bonchev–Trinajstić information content (AvgIpc) is 3.04. The van der Waals surface area contributed by atoms with Crippen molar-refractivity contribution in [3.05, 3.63) is 47.0 Å². The highest BCUT2D eigenvalue weighted by atomic mass is 35.5. The molecule has 1 aliphatic heterocycles. The Morgan fingerprint density at radius 1 is 1.08 bits per heavy atom. The molecule has 0 saturated heterocycles. The predicted octanol–water partition coefficient (Wildman–Crippen LogP) is 5.52. The summed E-state index contributed by atoms with van der Waals surface area (Å²) in [5.74, 6) is 2.07. The first kappa shape index (κ1) is 15.9. The molecule has 3 nitrogen and oxygen atoms in total. The molecule has 126 valence electrons. The summed E-state index contributed by atoms with van der Waals surface area (Å²) >= 11 is 13.4. The smallest absolute Gasteiger partial charge is 0.132 e. The van der Waals surface area contributed by atoms with E-state index in [1.165, 1.54) is 0 Å². The molecule has 2 aromatic carbocycles. The minimum atomic E-state index is -0.421. The topological polar surface area (TPSA) is 44.5 Å². The molecule has 2 aliphatic rings. The first-order chi connectivity index (χ1) is 11.2. The Morgan fingerprint density at radius 2 is 1.75 bits per heavy atom. The number of rotatable bonds is 2. The zero-order valence-electron chi connectivity index (χ0n) is 13.8. The molecule has 2 N–H and O–H groups in total. The number of anilines is 1. The minimum Gasteiger partial charge on any atom is -0.485 e. The molecule has 0 aromatic heterocycles. The van der Waals surface area contributed by atoms with Crippen LogP contribution < -0.4 is 15.2 Å². The van der Waals surface area contributed by atoms with Crippen molar-refractivity contribution < 1.29 is 9.47 Å². The molecule has 2 atom stereocenters. The van der Waals surface area contributed by atoms with Gasteiger partial charge in [0.25, 0.3) is 0 Å². The van der Waals surface area contributed by atoms with Gasteiger partial charge in [0.1, 0.15) is 22.8 Å². The molecule has 1 aliphatic carbocycles. The van der Waals surface area contributed by atoms with Gasteiger partial charge in [-0.3, -0.25) is 0 Å². The van der Waals surface area contributed by atoms with Gasteiger partial charge in [0, 0.05) is 29.2 Å². The molecule has 2 aromatic rings. The predicted molar refractivity (Wildman–Crippen MR) is 97.6 cm³/mol. The van der Waals surface area contributed by atoms with Crippen molar-refractivity contribution >= 4 is 28.9 Å². The second-order valence-corrected chi connectivity index (χ2v) is 8.44. The molecule has 0 amide bonds. The van der Waals surface area contributed by atoms with E-state index in [1.807, 2.05) is 31.2 Å².